The van der Waals surface area contributed by atoms with Gasteiger partial charge in [-0.05, 0) is 66.1 Å². The summed E-state index contributed by atoms with van der Waals surface area (Å²) >= 11 is 0. The van der Waals surface area contributed by atoms with Crippen LogP contribution >= 0.6 is 0 Å². The molecule has 0 aliphatic rings. The molecule has 0 aliphatic carbocycles. The third kappa shape index (κ3) is 7.86. The minimum atomic E-state index is -4.03. The van der Waals surface area contributed by atoms with Crippen molar-refractivity contribution >= 4 is 43.5 Å². The summed E-state index contributed by atoms with van der Waals surface area (Å²) in [5.74, 6) is -0.371. The predicted octanol–water partition coefficient (Wildman–Crippen LogP) is 4.60. The number of carbonyl (C=O) groups excluding carboxylic acids is 1. The highest BCUT2D eigenvalue weighted by molar-refractivity contribution is 7.90. The number of rotatable bonds is 7. The van der Waals surface area contributed by atoms with Gasteiger partial charge in [0.25, 0.3) is 20.1 Å². The highest BCUT2D eigenvalue weighted by Crippen LogP contribution is 2.23. The Labute approximate surface area is 249 Å². The fourth-order valence-electron chi connectivity index (χ4n) is 3.95. The van der Waals surface area contributed by atoms with E-state index in [9.17, 15) is 21.6 Å². The van der Waals surface area contributed by atoms with Crippen LogP contribution in [-0.2, 0) is 32.0 Å². The van der Waals surface area contributed by atoms with Crippen LogP contribution in [0.25, 0.3) is 17.2 Å². The van der Waals surface area contributed by atoms with Gasteiger partial charge in [0.1, 0.15) is 0 Å². The Morgan fingerprint density at radius 2 is 1.58 bits per heavy atom. The number of aryl methyl sites for hydroxylation is 2. The zero-order chi connectivity index (χ0) is 31.2. The van der Waals surface area contributed by atoms with Crippen LogP contribution in [0.5, 0.6) is 0 Å². The molecule has 0 atom stereocenters. The van der Waals surface area contributed by atoms with Crippen LogP contribution in [0.3, 0.4) is 0 Å². The van der Waals surface area contributed by atoms with E-state index in [1.165, 1.54) is 30.6 Å². The minimum Gasteiger partial charge on any atom is -0.397 e. The Balaban J connectivity index is 0.000000324. The normalized spacial score (nSPS) is 11.6. The molecular weight excluding hydrogens is 590 g/mol. The molecule has 0 saturated heterocycles. The van der Waals surface area contributed by atoms with Gasteiger partial charge in [-0.3, -0.25) is 14.0 Å². The largest absolute Gasteiger partial charge is 0.397 e. The number of amides is 1. The number of hydrogen-bond acceptors (Lipinski definition) is 7. The molecule has 5 aromatic rings. The molecule has 13 heteroatoms. The van der Waals surface area contributed by atoms with Gasteiger partial charge in [0, 0.05) is 37.3 Å². The van der Waals surface area contributed by atoms with Gasteiger partial charge in [-0.15, -0.1) is 0 Å². The van der Waals surface area contributed by atoms with Crippen molar-refractivity contribution in [2.75, 3.05) is 11.1 Å². The maximum absolute atomic E-state index is 12.9. The Morgan fingerprint density at radius 1 is 0.907 bits per heavy atom. The summed E-state index contributed by atoms with van der Waals surface area (Å²) in [6.45, 7) is 1.63. The highest BCUT2D eigenvalue weighted by atomic mass is 32.2. The first kappa shape index (κ1) is 31.0. The molecule has 43 heavy (non-hydrogen) atoms. The van der Waals surface area contributed by atoms with Crippen LogP contribution < -0.4 is 11.1 Å². The van der Waals surface area contributed by atoms with Crippen LogP contribution in [0.1, 0.15) is 11.1 Å². The summed E-state index contributed by atoms with van der Waals surface area (Å²) in [6, 6.07) is 21.4. The second-order valence-electron chi connectivity index (χ2n) is 9.36. The Bertz CT molecular complexity index is 1990. The summed E-state index contributed by atoms with van der Waals surface area (Å²) in [5.41, 5.74) is 9.68. The molecule has 2 heterocycles. The van der Waals surface area contributed by atoms with Crippen molar-refractivity contribution < 1.29 is 26.2 Å². The highest BCUT2D eigenvalue weighted by Gasteiger charge is 2.17. The third-order valence-corrected chi connectivity index (χ3v) is 8.84. The lowest BCUT2D eigenvalue weighted by Crippen LogP contribution is -2.10. The molecule has 2 aromatic heterocycles. The van der Waals surface area contributed by atoms with Crippen molar-refractivity contribution in [3.05, 3.63) is 121 Å². The van der Waals surface area contributed by atoms with Gasteiger partial charge >= 0.3 is 0 Å². The Hall–Kier alpha value is -4.98. The van der Waals surface area contributed by atoms with E-state index < -0.39 is 20.1 Å². The predicted molar refractivity (Wildman–Crippen MR) is 165 cm³/mol. The second-order valence-corrected chi connectivity index (χ2v) is 12.6. The molecule has 0 spiro atoms. The third-order valence-electron chi connectivity index (χ3n) is 6.18. The first-order valence-electron chi connectivity index (χ1n) is 12.7. The number of hydrogen-bond donors (Lipinski definition) is 3. The molecule has 0 radical (unpaired) electrons. The van der Waals surface area contributed by atoms with Gasteiger partial charge in [0.05, 0.1) is 27.4 Å². The number of aromatic nitrogens is 3. The van der Waals surface area contributed by atoms with E-state index in [4.69, 9.17) is 10.3 Å². The summed E-state index contributed by atoms with van der Waals surface area (Å²) in [5, 5.41) is 6.81. The first-order chi connectivity index (χ1) is 20.3. The van der Waals surface area contributed by atoms with E-state index in [1.807, 2.05) is 13.2 Å². The van der Waals surface area contributed by atoms with Crippen LogP contribution in [0.2, 0.25) is 0 Å². The van der Waals surface area contributed by atoms with Crippen LogP contribution in [0.15, 0.2) is 120 Å². The fourth-order valence-corrected chi connectivity index (χ4v) is 5.89. The first-order valence-corrected chi connectivity index (χ1v) is 15.6. The maximum Gasteiger partial charge on any atom is 0.294 e. The number of benzene rings is 3. The van der Waals surface area contributed by atoms with E-state index >= 15 is 0 Å². The number of para-hydroxylation sites is 2. The van der Waals surface area contributed by atoms with Gasteiger partial charge < -0.3 is 11.1 Å². The van der Waals surface area contributed by atoms with Crippen molar-refractivity contribution in [3.8, 4) is 11.1 Å². The Kier molecular flexibility index (Phi) is 9.29. The van der Waals surface area contributed by atoms with Crippen LogP contribution in [0, 0.1) is 6.92 Å². The van der Waals surface area contributed by atoms with Crippen LogP contribution in [-0.4, -0.2) is 41.0 Å². The maximum atomic E-state index is 12.9. The molecular formula is C30H29N5O6S2. The molecule has 0 unspecified atom stereocenters. The summed E-state index contributed by atoms with van der Waals surface area (Å²) in [7, 11) is -5.97. The minimum absolute atomic E-state index is 0.0278. The van der Waals surface area contributed by atoms with Crippen molar-refractivity contribution in [1.82, 2.24) is 13.8 Å². The molecule has 3 aromatic carbocycles. The van der Waals surface area contributed by atoms with Gasteiger partial charge in [-0.25, -0.2) is 12.4 Å². The molecule has 222 valence electrons. The van der Waals surface area contributed by atoms with E-state index in [-0.39, 0.29) is 15.7 Å². The smallest absolute Gasteiger partial charge is 0.294 e. The summed E-state index contributed by atoms with van der Waals surface area (Å²) in [6.07, 6.45) is 9.32. The number of anilines is 2. The monoisotopic (exact) mass is 619 g/mol. The molecule has 4 N–H and O–H groups in total. The summed E-state index contributed by atoms with van der Waals surface area (Å²) in [4.78, 5) is 12.3. The number of nitrogens with one attached hydrogen (secondary N) is 1. The van der Waals surface area contributed by atoms with Crippen molar-refractivity contribution in [1.29, 1.82) is 0 Å². The number of nitrogen functional groups attached to an aromatic ring is 1. The number of nitrogens with zero attached hydrogens (tertiary/aromatic N) is 3. The van der Waals surface area contributed by atoms with Gasteiger partial charge in [-0.2, -0.15) is 13.5 Å². The van der Waals surface area contributed by atoms with E-state index in [2.05, 4.69) is 10.4 Å². The fraction of sp³-hybridized carbons (Fsp3) is 0.0667. The van der Waals surface area contributed by atoms with Gasteiger partial charge in [-0.1, -0.05) is 42.5 Å². The number of nitrogens with two attached hydrogens (primary N) is 1. The molecule has 5 rings (SSSR count). The van der Waals surface area contributed by atoms with Gasteiger partial charge in [0.15, 0.2) is 0 Å². The number of carbonyl (C=O) groups is 1. The SMILES string of the molecule is Cc1ccccc1S(=O)(=O)O.Cn1cc(-c2ccc(S(=O)(=O)n3ccc(C=CC(=O)Nc4ccccc4N)c3)cc2)cn1. The average molecular weight is 620 g/mol. The standard InChI is InChI=1S/C23H21N5O3S.C7H8O3S/c1-27-16-19(14-25-27)18-7-9-20(10-8-18)32(30,31)28-13-12-17(15-28)6-11-23(29)26-22-5-3-2-4-21(22)24;1-6-4-2-3-5-7(6)11(8,9)10/h2-16H,24H2,1H3,(H,26,29);2-5H,1H3,(H,8,9,10). The zero-order valence-corrected chi connectivity index (χ0v) is 24.8. The molecule has 0 aliphatic heterocycles. The van der Waals surface area contributed by atoms with Gasteiger partial charge in [0.2, 0.25) is 5.91 Å². The molecule has 0 saturated carbocycles. The molecule has 11 nitrogen and oxygen atoms in total. The van der Waals surface area contributed by atoms with E-state index in [0.29, 0.717) is 22.5 Å². The quantitative estimate of drug-likeness (QED) is 0.135. The Morgan fingerprint density at radius 3 is 2.19 bits per heavy atom. The second kappa shape index (κ2) is 12.9. The van der Waals surface area contributed by atoms with E-state index in [0.717, 1.165) is 15.1 Å². The summed E-state index contributed by atoms with van der Waals surface area (Å²) < 4.78 is 58.6. The zero-order valence-electron chi connectivity index (χ0n) is 23.2. The molecule has 0 bridgehead atoms. The molecule has 1 amide bonds. The molecule has 0 fully saturated rings. The van der Waals surface area contributed by atoms with Crippen molar-refractivity contribution in [3.63, 3.8) is 0 Å². The van der Waals surface area contributed by atoms with E-state index in [1.54, 1.807) is 90.6 Å². The lowest BCUT2D eigenvalue weighted by atomic mass is 10.1. The lowest BCUT2D eigenvalue weighted by Gasteiger charge is -2.06. The topological polar surface area (TPSA) is 166 Å². The average Bonchev–Trinajstić information content (AvgIpc) is 3.63. The van der Waals surface area contributed by atoms with Crippen molar-refractivity contribution in [2.24, 2.45) is 7.05 Å². The lowest BCUT2D eigenvalue weighted by molar-refractivity contribution is -0.111. The van der Waals surface area contributed by atoms with Crippen molar-refractivity contribution in [2.45, 2.75) is 16.7 Å². The van der Waals surface area contributed by atoms with Crippen LogP contribution in [0.4, 0.5) is 11.4 Å².